The first-order chi connectivity index (χ1) is 13.0. The molecule has 2 atom stereocenters. The van der Waals surface area contributed by atoms with Gasteiger partial charge in [0.15, 0.2) is 11.4 Å². The SMILES string of the molecule is CC(C)c1ccc(-n2cc(O)c(C(=O)N3CC[C@@H]4CNC[C@@H]4CC3)n2)cc1.Cl. The van der Waals surface area contributed by atoms with Crippen LogP contribution in [0.25, 0.3) is 5.69 Å². The van der Waals surface area contributed by atoms with Crippen LogP contribution in [0.3, 0.4) is 0 Å². The Labute approximate surface area is 172 Å². The number of benzene rings is 1. The standard InChI is InChI=1S/C21H28N4O2.ClH/c1-14(2)15-3-5-18(6-4-15)25-13-19(26)20(23-25)21(27)24-9-7-16-11-22-12-17(16)8-10-24;/h3-6,13-14,16-17,22,26H,7-12H2,1-2H3;1H/t16-,17+;. The molecular formula is C21H29ClN4O2. The highest BCUT2D eigenvalue weighted by atomic mass is 35.5. The molecule has 152 valence electrons. The van der Waals surface area contributed by atoms with Crippen LogP contribution in [0.5, 0.6) is 5.75 Å². The number of likely N-dealkylation sites (tertiary alicyclic amines) is 1. The summed E-state index contributed by atoms with van der Waals surface area (Å²) in [5, 5.41) is 18.2. The van der Waals surface area contributed by atoms with Gasteiger partial charge in [0, 0.05) is 13.1 Å². The normalized spacial score (nSPS) is 21.9. The second kappa shape index (κ2) is 8.53. The molecule has 1 aromatic carbocycles. The van der Waals surface area contributed by atoms with Crippen LogP contribution >= 0.6 is 12.4 Å². The quantitative estimate of drug-likeness (QED) is 0.824. The maximum Gasteiger partial charge on any atom is 0.278 e. The van der Waals surface area contributed by atoms with E-state index in [0.29, 0.717) is 17.8 Å². The molecule has 2 saturated heterocycles. The van der Waals surface area contributed by atoms with Gasteiger partial charge in [-0.25, -0.2) is 4.68 Å². The number of carbonyl (C=O) groups excluding carboxylic acids is 1. The Morgan fingerprint density at radius 2 is 1.75 bits per heavy atom. The summed E-state index contributed by atoms with van der Waals surface area (Å²) in [5.74, 6) is 1.55. The second-order valence-corrected chi connectivity index (χ2v) is 8.10. The minimum atomic E-state index is -0.169. The van der Waals surface area contributed by atoms with E-state index in [0.717, 1.165) is 44.7 Å². The Morgan fingerprint density at radius 1 is 1.14 bits per heavy atom. The number of hydrogen-bond donors (Lipinski definition) is 2. The monoisotopic (exact) mass is 404 g/mol. The fraction of sp³-hybridized carbons (Fsp3) is 0.524. The topological polar surface area (TPSA) is 70.4 Å². The van der Waals surface area contributed by atoms with Crippen molar-refractivity contribution in [2.75, 3.05) is 26.2 Å². The molecule has 1 amide bonds. The second-order valence-electron chi connectivity index (χ2n) is 8.10. The number of rotatable bonds is 3. The first kappa shape index (κ1) is 20.7. The van der Waals surface area contributed by atoms with Gasteiger partial charge in [-0.2, -0.15) is 5.10 Å². The maximum absolute atomic E-state index is 13.0. The van der Waals surface area contributed by atoms with Crippen molar-refractivity contribution < 1.29 is 9.90 Å². The number of nitrogens with one attached hydrogen (secondary N) is 1. The highest BCUT2D eigenvalue weighted by molar-refractivity contribution is 5.94. The summed E-state index contributed by atoms with van der Waals surface area (Å²) in [7, 11) is 0. The molecule has 2 aliphatic heterocycles. The van der Waals surface area contributed by atoms with Crippen LogP contribution in [0.15, 0.2) is 30.5 Å². The van der Waals surface area contributed by atoms with Gasteiger partial charge in [-0.15, -0.1) is 12.4 Å². The largest absolute Gasteiger partial charge is 0.504 e. The summed E-state index contributed by atoms with van der Waals surface area (Å²) >= 11 is 0. The van der Waals surface area contributed by atoms with E-state index >= 15 is 0 Å². The number of aromatic nitrogens is 2. The van der Waals surface area contributed by atoms with E-state index < -0.39 is 0 Å². The molecule has 2 aromatic rings. The minimum absolute atomic E-state index is 0. The van der Waals surface area contributed by atoms with Crippen LogP contribution in [0.1, 0.15) is 48.7 Å². The third-order valence-corrected chi connectivity index (χ3v) is 6.03. The van der Waals surface area contributed by atoms with E-state index in [-0.39, 0.29) is 29.8 Å². The first-order valence-electron chi connectivity index (χ1n) is 9.92. The molecular weight excluding hydrogens is 376 g/mol. The van der Waals surface area contributed by atoms with E-state index in [1.165, 1.54) is 11.8 Å². The third kappa shape index (κ3) is 4.03. The lowest BCUT2D eigenvalue weighted by molar-refractivity contribution is 0.0749. The van der Waals surface area contributed by atoms with Gasteiger partial charge in [0.1, 0.15) is 0 Å². The Hall–Kier alpha value is -2.05. The van der Waals surface area contributed by atoms with Gasteiger partial charge < -0.3 is 15.3 Å². The van der Waals surface area contributed by atoms with Crippen LogP contribution in [-0.2, 0) is 0 Å². The van der Waals surface area contributed by atoms with Gasteiger partial charge in [0.05, 0.1) is 11.9 Å². The summed E-state index contributed by atoms with van der Waals surface area (Å²) in [6, 6.07) is 8.05. The Bertz CT molecular complexity index is 804. The summed E-state index contributed by atoms with van der Waals surface area (Å²) in [6.45, 7) is 7.87. The lowest BCUT2D eigenvalue weighted by Gasteiger charge is -2.19. The van der Waals surface area contributed by atoms with Crippen molar-refractivity contribution in [2.45, 2.75) is 32.6 Å². The predicted molar refractivity (Wildman–Crippen MR) is 112 cm³/mol. The molecule has 28 heavy (non-hydrogen) atoms. The van der Waals surface area contributed by atoms with Crippen molar-refractivity contribution >= 4 is 18.3 Å². The van der Waals surface area contributed by atoms with E-state index in [4.69, 9.17) is 0 Å². The molecule has 2 aliphatic rings. The molecule has 2 N–H and O–H groups in total. The summed E-state index contributed by atoms with van der Waals surface area (Å²) in [4.78, 5) is 14.8. The molecule has 0 bridgehead atoms. The number of fused-ring (bicyclic) bond motifs is 1. The number of hydrogen-bond acceptors (Lipinski definition) is 4. The van der Waals surface area contributed by atoms with Gasteiger partial charge in [0.2, 0.25) is 0 Å². The number of amides is 1. The summed E-state index contributed by atoms with van der Waals surface area (Å²) < 4.78 is 1.59. The Balaban J connectivity index is 0.00000225. The number of halogens is 1. The van der Waals surface area contributed by atoms with E-state index in [9.17, 15) is 9.90 Å². The first-order valence-corrected chi connectivity index (χ1v) is 9.92. The summed E-state index contributed by atoms with van der Waals surface area (Å²) in [5.41, 5.74) is 2.23. The van der Waals surface area contributed by atoms with Gasteiger partial charge in [-0.3, -0.25) is 4.79 Å². The van der Waals surface area contributed by atoms with Crippen LogP contribution < -0.4 is 5.32 Å². The smallest absolute Gasteiger partial charge is 0.278 e. The number of aromatic hydroxyl groups is 1. The third-order valence-electron chi connectivity index (χ3n) is 6.03. The molecule has 0 spiro atoms. The number of nitrogens with zero attached hydrogens (tertiary/aromatic N) is 3. The molecule has 0 radical (unpaired) electrons. The Kier molecular flexibility index (Phi) is 6.30. The highest BCUT2D eigenvalue weighted by Crippen LogP contribution is 2.29. The van der Waals surface area contributed by atoms with Crippen molar-refractivity contribution in [2.24, 2.45) is 11.8 Å². The highest BCUT2D eigenvalue weighted by Gasteiger charge is 2.33. The summed E-state index contributed by atoms with van der Waals surface area (Å²) in [6.07, 6.45) is 3.55. The Morgan fingerprint density at radius 3 is 2.32 bits per heavy atom. The molecule has 7 heteroatoms. The van der Waals surface area contributed by atoms with Crippen molar-refractivity contribution in [3.63, 3.8) is 0 Å². The molecule has 6 nitrogen and oxygen atoms in total. The van der Waals surface area contributed by atoms with Gasteiger partial charge in [-0.05, 0) is 61.4 Å². The predicted octanol–water partition coefficient (Wildman–Crippen LogP) is 3.19. The minimum Gasteiger partial charge on any atom is -0.504 e. The van der Waals surface area contributed by atoms with Gasteiger partial charge >= 0.3 is 0 Å². The van der Waals surface area contributed by atoms with Gasteiger partial charge in [-0.1, -0.05) is 26.0 Å². The zero-order valence-corrected chi connectivity index (χ0v) is 17.3. The number of carbonyl (C=O) groups is 1. The fourth-order valence-corrected chi connectivity index (χ4v) is 4.23. The average Bonchev–Trinajstić information content (AvgIpc) is 3.22. The van der Waals surface area contributed by atoms with Crippen molar-refractivity contribution in [3.05, 3.63) is 41.7 Å². The van der Waals surface area contributed by atoms with E-state index in [1.54, 1.807) is 4.68 Å². The van der Waals surface area contributed by atoms with Crippen molar-refractivity contribution in [3.8, 4) is 11.4 Å². The van der Waals surface area contributed by atoms with E-state index in [1.807, 2.05) is 17.0 Å². The van der Waals surface area contributed by atoms with Crippen LogP contribution in [0.2, 0.25) is 0 Å². The molecule has 2 fully saturated rings. The maximum atomic E-state index is 13.0. The molecule has 0 aliphatic carbocycles. The molecule has 3 heterocycles. The molecule has 0 saturated carbocycles. The van der Waals surface area contributed by atoms with Crippen LogP contribution in [0, 0.1) is 11.8 Å². The lowest BCUT2D eigenvalue weighted by Crippen LogP contribution is -2.33. The van der Waals surface area contributed by atoms with Crippen molar-refractivity contribution in [1.29, 1.82) is 0 Å². The zero-order chi connectivity index (χ0) is 19.0. The lowest BCUT2D eigenvalue weighted by atomic mass is 9.92. The van der Waals surface area contributed by atoms with Crippen LogP contribution in [0.4, 0.5) is 0 Å². The fourth-order valence-electron chi connectivity index (χ4n) is 4.23. The van der Waals surface area contributed by atoms with E-state index in [2.05, 4.69) is 36.4 Å². The molecule has 1 aromatic heterocycles. The average molecular weight is 405 g/mol. The molecule has 4 rings (SSSR count). The van der Waals surface area contributed by atoms with Crippen molar-refractivity contribution in [1.82, 2.24) is 20.0 Å². The van der Waals surface area contributed by atoms with Crippen LogP contribution in [-0.4, -0.2) is 51.9 Å². The van der Waals surface area contributed by atoms with Gasteiger partial charge in [0.25, 0.3) is 5.91 Å². The molecule has 0 unspecified atom stereocenters. The zero-order valence-electron chi connectivity index (χ0n) is 16.5.